The van der Waals surface area contributed by atoms with Crippen LogP contribution in [0.2, 0.25) is 0 Å². The van der Waals surface area contributed by atoms with Crippen molar-refractivity contribution in [1.29, 1.82) is 0 Å². The van der Waals surface area contributed by atoms with E-state index in [9.17, 15) is 0 Å². The van der Waals surface area contributed by atoms with Gasteiger partial charge in [0, 0.05) is 0 Å². The Morgan fingerprint density at radius 1 is 0.172 bits per heavy atom. The highest BCUT2D eigenvalue weighted by atomic mass is 14.3. The van der Waals surface area contributed by atoms with Crippen LogP contribution in [-0.4, -0.2) is 0 Å². The molecule has 0 N–H and O–H groups in total. The monoisotopic (exact) mass is 732 g/mol. The Morgan fingerprint density at radius 3 is 1.03 bits per heavy atom. The van der Waals surface area contributed by atoms with E-state index in [2.05, 4.69) is 218 Å². The zero-order chi connectivity index (χ0) is 38.2. The molecule has 0 saturated carbocycles. The van der Waals surface area contributed by atoms with Crippen molar-refractivity contribution in [2.24, 2.45) is 0 Å². The van der Waals surface area contributed by atoms with Crippen LogP contribution in [0.25, 0.3) is 120 Å². The normalized spacial score (nSPS) is 11.8. The molecular formula is C58H36. The van der Waals surface area contributed by atoms with E-state index in [1.807, 2.05) is 0 Å². The van der Waals surface area contributed by atoms with E-state index in [4.69, 9.17) is 0 Å². The van der Waals surface area contributed by atoms with Crippen molar-refractivity contribution in [3.63, 3.8) is 0 Å². The SMILES string of the molecule is c1ccc2c(-c3ccc(-c4ccc5c(-c6c7ccccc7cc7ccccc67)c6ccccc6c(-c6c7ccccc7cc7ccccc67)c5c4)cc3)cccc2c1. The molecule has 0 heterocycles. The second kappa shape index (κ2) is 13.0. The maximum atomic E-state index is 2.47. The molecule has 0 aliphatic heterocycles. The fourth-order valence-corrected chi connectivity index (χ4v) is 9.78. The summed E-state index contributed by atoms with van der Waals surface area (Å²) >= 11 is 0. The van der Waals surface area contributed by atoms with Gasteiger partial charge in [-0.1, -0.05) is 200 Å². The van der Waals surface area contributed by atoms with Crippen LogP contribution in [0.1, 0.15) is 0 Å². The lowest BCUT2D eigenvalue weighted by Gasteiger charge is -2.22. The largest absolute Gasteiger partial charge is 0.0616 e. The number of hydrogen-bond acceptors (Lipinski definition) is 0. The smallest absolute Gasteiger partial charge is 0.00137 e. The molecule has 58 heavy (non-hydrogen) atoms. The standard InChI is InChI=1S/C58H36/c1-6-20-45-38(14-1)19-13-27-46(45)39-30-28-37(29-31-39)40-32-33-53-54(36-40)58(56-49-23-9-4-17-43(49)35-44-18-5-10-24-50(44)56)52-26-12-11-25-51(52)57(53)55-47-21-7-2-15-41(47)34-42-16-3-8-22-48(42)55/h1-36H. The van der Waals surface area contributed by atoms with Gasteiger partial charge in [-0.2, -0.15) is 0 Å². The molecule has 0 heteroatoms. The van der Waals surface area contributed by atoms with Gasteiger partial charge in [-0.25, -0.2) is 0 Å². The number of benzene rings is 12. The molecule has 12 rings (SSSR count). The number of rotatable bonds is 4. The Balaban J connectivity index is 1.21. The van der Waals surface area contributed by atoms with Gasteiger partial charge >= 0.3 is 0 Å². The molecule has 0 aliphatic carbocycles. The summed E-state index contributed by atoms with van der Waals surface area (Å²) < 4.78 is 0. The summed E-state index contributed by atoms with van der Waals surface area (Å²) in [5.74, 6) is 0. The van der Waals surface area contributed by atoms with E-state index in [-0.39, 0.29) is 0 Å². The summed E-state index contributed by atoms with van der Waals surface area (Å²) in [5.41, 5.74) is 10.0. The molecule has 0 atom stereocenters. The molecule has 12 aromatic rings. The van der Waals surface area contributed by atoms with Crippen LogP contribution in [0.4, 0.5) is 0 Å². The Labute approximate surface area is 336 Å². The summed E-state index contributed by atoms with van der Waals surface area (Å²) in [4.78, 5) is 0. The van der Waals surface area contributed by atoms with E-state index in [0.717, 1.165) is 0 Å². The van der Waals surface area contributed by atoms with E-state index in [1.165, 1.54) is 120 Å². The van der Waals surface area contributed by atoms with Crippen LogP contribution in [0.3, 0.4) is 0 Å². The molecular weight excluding hydrogens is 697 g/mol. The molecule has 12 aromatic carbocycles. The van der Waals surface area contributed by atoms with Gasteiger partial charge in [-0.05, 0) is 138 Å². The van der Waals surface area contributed by atoms with Crippen molar-refractivity contribution < 1.29 is 0 Å². The van der Waals surface area contributed by atoms with E-state index in [1.54, 1.807) is 0 Å². The second-order valence-electron chi connectivity index (χ2n) is 15.5. The van der Waals surface area contributed by atoms with Gasteiger partial charge < -0.3 is 0 Å². The molecule has 0 amide bonds. The van der Waals surface area contributed by atoms with E-state index in [0.29, 0.717) is 0 Å². The first-order valence-corrected chi connectivity index (χ1v) is 20.2. The quantitative estimate of drug-likeness (QED) is 0.158. The van der Waals surface area contributed by atoms with Crippen LogP contribution in [-0.2, 0) is 0 Å². The molecule has 268 valence electrons. The minimum Gasteiger partial charge on any atom is -0.0616 e. The van der Waals surface area contributed by atoms with E-state index < -0.39 is 0 Å². The molecule has 0 radical (unpaired) electrons. The van der Waals surface area contributed by atoms with Crippen LogP contribution < -0.4 is 0 Å². The Kier molecular flexibility index (Phi) is 7.33. The van der Waals surface area contributed by atoms with Crippen molar-refractivity contribution in [2.75, 3.05) is 0 Å². The molecule has 0 saturated heterocycles. The average molecular weight is 733 g/mol. The Hall–Kier alpha value is -7.54. The second-order valence-corrected chi connectivity index (χ2v) is 15.5. The van der Waals surface area contributed by atoms with Gasteiger partial charge in [0.05, 0.1) is 0 Å². The molecule has 0 aliphatic rings. The van der Waals surface area contributed by atoms with Crippen molar-refractivity contribution in [1.82, 2.24) is 0 Å². The topological polar surface area (TPSA) is 0 Å². The molecule has 0 unspecified atom stereocenters. The van der Waals surface area contributed by atoms with Crippen molar-refractivity contribution in [3.8, 4) is 44.5 Å². The van der Waals surface area contributed by atoms with Gasteiger partial charge in [-0.15, -0.1) is 0 Å². The third-order valence-corrected chi connectivity index (χ3v) is 12.4. The summed E-state index contributed by atoms with van der Waals surface area (Å²) in [5, 5.41) is 17.6. The lowest BCUT2D eigenvalue weighted by atomic mass is 9.80. The van der Waals surface area contributed by atoms with Crippen molar-refractivity contribution in [3.05, 3.63) is 218 Å². The van der Waals surface area contributed by atoms with Gasteiger partial charge in [0.1, 0.15) is 0 Å². The first-order valence-electron chi connectivity index (χ1n) is 20.2. The fraction of sp³-hybridized carbons (Fsp3) is 0. The van der Waals surface area contributed by atoms with Gasteiger partial charge in [0.2, 0.25) is 0 Å². The third kappa shape index (κ3) is 5.02. The zero-order valence-corrected chi connectivity index (χ0v) is 31.8. The highest BCUT2D eigenvalue weighted by molar-refractivity contribution is 6.31. The van der Waals surface area contributed by atoms with E-state index >= 15 is 0 Å². The zero-order valence-electron chi connectivity index (χ0n) is 31.8. The summed E-state index contributed by atoms with van der Waals surface area (Å²) in [7, 11) is 0. The first kappa shape index (κ1) is 32.7. The molecule has 0 nitrogen and oxygen atoms in total. The van der Waals surface area contributed by atoms with Crippen LogP contribution in [0.15, 0.2) is 218 Å². The van der Waals surface area contributed by atoms with Gasteiger partial charge in [-0.3, -0.25) is 0 Å². The fourth-order valence-electron chi connectivity index (χ4n) is 9.78. The maximum absolute atomic E-state index is 2.47. The molecule has 0 spiro atoms. The van der Waals surface area contributed by atoms with Crippen LogP contribution in [0, 0.1) is 0 Å². The third-order valence-electron chi connectivity index (χ3n) is 12.4. The van der Waals surface area contributed by atoms with Crippen molar-refractivity contribution in [2.45, 2.75) is 0 Å². The average Bonchev–Trinajstić information content (AvgIpc) is 3.29. The summed E-state index contributed by atoms with van der Waals surface area (Å²) in [6.07, 6.45) is 0. The van der Waals surface area contributed by atoms with Gasteiger partial charge in [0.25, 0.3) is 0 Å². The Bertz CT molecular complexity index is 3490. The minimum atomic E-state index is 1.20. The summed E-state index contributed by atoms with van der Waals surface area (Å²) in [6.45, 7) is 0. The van der Waals surface area contributed by atoms with Crippen molar-refractivity contribution >= 4 is 75.4 Å². The first-order chi connectivity index (χ1) is 28.8. The summed E-state index contributed by atoms with van der Waals surface area (Å²) in [6, 6.07) is 81.0. The molecule has 0 bridgehead atoms. The molecule has 0 fully saturated rings. The number of hydrogen-bond donors (Lipinski definition) is 0. The lowest BCUT2D eigenvalue weighted by molar-refractivity contribution is 1.62. The molecule has 0 aromatic heterocycles. The lowest BCUT2D eigenvalue weighted by Crippen LogP contribution is -1.95. The maximum Gasteiger partial charge on any atom is -0.00137 e. The van der Waals surface area contributed by atoms with Crippen LogP contribution in [0.5, 0.6) is 0 Å². The van der Waals surface area contributed by atoms with Crippen LogP contribution >= 0.6 is 0 Å². The highest BCUT2D eigenvalue weighted by Gasteiger charge is 2.23. The van der Waals surface area contributed by atoms with Gasteiger partial charge in [0.15, 0.2) is 0 Å². The predicted octanol–water partition coefficient (Wildman–Crippen LogP) is 16.4. The highest BCUT2D eigenvalue weighted by Crippen LogP contribution is 2.50. The predicted molar refractivity (Wildman–Crippen MR) is 251 cm³/mol. The minimum absolute atomic E-state index is 1.20. The number of fused-ring (bicyclic) bond motifs is 7. The Morgan fingerprint density at radius 2 is 0.517 bits per heavy atom.